The van der Waals surface area contributed by atoms with Gasteiger partial charge in [0, 0.05) is 29.8 Å². The maximum absolute atomic E-state index is 12.5. The van der Waals surface area contributed by atoms with Crippen LogP contribution in [0.15, 0.2) is 36.8 Å². The number of aromatic amines is 1. The molecule has 0 saturated heterocycles. The highest BCUT2D eigenvalue weighted by Gasteiger charge is 2.26. The summed E-state index contributed by atoms with van der Waals surface area (Å²) in [6.45, 7) is 0. The second-order valence-electron chi connectivity index (χ2n) is 8.03. The number of aromatic nitrogens is 5. The number of hydrogen-bond donors (Lipinski definition) is 2. The molecule has 0 atom stereocenters. The molecule has 0 unspecified atom stereocenters. The van der Waals surface area contributed by atoms with E-state index in [1.165, 1.54) is 19.6 Å². The fourth-order valence-corrected chi connectivity index (χ4v) is 3.72. The van der Waals surface area contributed by atoms with Gasteiger partial charge in [-0.05, 0) is 18.9 Å². The van der Waals surface area contributed by atoms with E-state index in [1.807, 2.05) is 6.07 Å². The van der Waals surface area contributed by atoms with Crippen LogP contribution >= 0.6 is 0 Å². The van der Waals surface area contributed by atoms with Gasteiger partial charge in [-0.1, -0.05) is 0 Å². The van der Waals surface area contributed by atoms with E-state index in [9.17, 15) is 4.79 Å². The quantitative estimate of drug-likeness (QED) is 0.371. The average Bonchev–Trinajstić information content (AvgIpc) is 3.63. The number of hydrogen-bond acceptors (Lipinski definition) is 9. The van der Waals surface area contributed by atoms with Gasteiger partial charge in [0.1, 0.15) is 12.1 Å². The summed E-state index contributed by atoms with van der Waals surface area (Å²) in [7, 11) is 4.62. The van der Waals surface area contributed by atoms with Crippen LogP contribution in [0.5, 0.6) is 28.9 Å². The number of amides is 1. The number of nitrogens with one attached hydrogen (secondary N) is 2. The van der Waals surface area contributed by atoms with Crippen molar-refractivity contribution >= 4 is 22.6 Å². The Morgan fingerprint density at radius 1 is 1.00 bits per heavy atom. The minimum Gasteiger partial charge on any atom is -0.495 e. The summed E-state index contributed by atoms with van der Waals surface area (Å²) in [5.41, 5.74) is 2.14. The largest absolute Gasteiger partial charge is 0.495 e. The van der Waals surface area contributed by atoms with Gasteiger partial charge in [0.2, 0.25) is 11.8 Å². The molecule has 3 aromatic heterocycles. The second kappa shape index (κ2) is 9.45. The Labute approximate surface area is 200 Å². The van der Waals surface area contributed by atoms with Gasteiger partial charge in [-0.25, -0.2) is 9.97 Å². The minimum absolute atomic E-state index is 0.0164. The summed E-state index contributed by atoms with van der Waals surface area (Å²) in [5, 5.41) is 10.6. The lowest BCUT2D eigenvalue weighted by atomic mass is 10.2. The molecule has 1 aliphatic carbocycles. The molecule has 0 radical (unpaired) electrons. The van der Waals surface area contributed by atoms with E-state index in [0.717, 1.165) is 18.5 Å². The van der Waals surface area contributed by atoms with Gasteiger partial charge in [-0.3, -0.25) is 14.9 Å². The van der Waals surface area contributed by atoms with E-state index in [2.05, 4.69) is 30.5 Å². The number of anilines is 1. The maximum Gasteiger partial charge on any atom is 0.231 e. The van der Waals surface area contributed by atoms with E-state index in [-0.39, 0.29) is 12.3 Å². The molecule has 1 aromatic carbocycles. The molecule has 11 heteroatoms. The average molecular weight is 476 g/mol. The monoisotopic (exact) mass is 476 g/mol. The Bertz CT molecular complexity index is 1380. The predicted octanol–water partition coefficient (Wildman–Crippen LogP) is 3.62. The second-order valence-corrected chi connectivity index (χ2v) is 8.03. The lowest BCUT2D eigenvalue weighted by Gasteiger charge is -2.13. The van der Waals surface area contributed by atoms with Crippen LogP contribution in [0.25, 0.3) is 10.9 Å². The molecule has 0 aliphatic heterocycles. The number of fused-ring (bicyclic) bond motifs is 1. The molecule has 1 saturated carbocycles. The Morgan fingerprint density at radius 2 is 1.77 bits per heavy atom. The smallest absolute Gasteiger partial charge is 0.231 e. The highest BCUT2D eigenvalue weighted by molar-refractivity contribution is 5.91. The minimum atomic E-state index is -0.249. The van der Waals surface area contributed by atoms with Crippen molar-refractivity contribution in [2.24, 2.45) is 0 Å². The van der Waals surface area contributed by atoms with E-state index in [0.29, 0.717) is 57.2 Å². The lowest BCUT2D eigenvalue weighted by Crippen LogP contribution is -2.16. The Hall–Kier alpha value is -4.41. The van der Waals surface area contributed by atoms with Gasteiger partial charge in [-0.15, -0.1) is 0 Å². The fraction of sp³-hybridized carbons (Fsp3) is 0.292. The molecule has 3 heterocycles. The van der Waals surface area contributed by atoms with Crippen molar-refractivity contribution in [1.29, 1.82) is 0 Å². The highest BCUT2D eigenvalue weighted by Crippen LogP contribution is 2.39. The number of carbonyl (C=O) groups is 1. The number of benzene rings is 1. The van der Waals surface area contributed by atoms with Crippen LogP contribution in [0, 0.1) is 0 Å². The number of ether oxygens (including phenoxy) is 4. The summed E-state index contributed by atoms with van der Waals surface area (Å²) in [6, 6.07) is 7.02. The number of carbonyl (C=O) groups excluding carboxylic acids is 1. The topological polar surface area (TPSA) is 133 Å². The molecule has 5 rings (SSSR count). The van der Waals surface area contributed by atoms with Gasteiger partial charge in [0.15, 0.2) is 23.1 Å². The first kappa shape index (κ1) is 22.4. The molecule has 1 aliphatic rings. The molecular formula is C24H24N6O5. The maximum atomic E-state index is 12.5. The van der Waals surface area contributed by atoms with E-state index in [4.69, 9.17) is 18.9 Å². The van der Waals surface area contributed by atoms with E-state index < -0.39 is 0 Å². The van der Waals surface area contributed by atoms with Crippen LogP contribution in [0.2, 0.25) is 0 Å². The Kier molecular flexibility index (Phi) is 6.04. The van der Waals surface area contributed by atoms with Crippen molar-refractivity contribution in [3.05, 3.63) is 48.2 Å². The molecule has 4 aromatic rings. The van der Waals surface area contributed by atoms with Crippen molar-refractivity contribution in [2.45, 2.75) is 25.2 Å². The van der Waals surface area contributed by atoms with Gasteiger partial charge in [0.05, 0.1) is 50.5 Å². The van der Waals surface area contributed by atoms with Crippen LogP contribution < -0.4 is 24.3 Å². The summed E-state index contributed by atoms with van der Waals surface area (Å²) in [6.07, 6.45) is 5.23. The highest BCUT2D eigenvalue weighted by atomic mass is 16.5. The standard InChI is InChI=1S/C24H24N6O5/c1-32-19-6-14(35-24-15-7-20(33-2)21(34-3)8-17(15)26-12-27-24)11-25-18(19)10-23(31)28-22-9-16(29-30-22)13-4-5-13/h6-9,11-13H,4-5,10H2,1-3H3,(H2,28,29,30,31). The van der Waals surface area contributed by atoms with Crippen LogP contribution in [-0.2, 0) is 11.2 Å². The zero-order valence-corrected chi connectivity index (χ0v) is 19.5. The normalized spacial score (nSPS) is 12.9. The zero-order chi connectivity index (χ0) is 24.4. The van der Waals surface area contributed by atoms with Crippen LogP contribution in [0.3, 0.4) is 0 Å². The molecule has 2 N–H and O–H groups in total. The Morgan fingerprint density at radius 3 is 2.51 bits per heavy atom. The van der Waals surface area contributed by atoms with Gasteiger partial charge >= 0.3 is 0 Å². The van der Waals surface area contributed by atoms with Gasteiger partial charge in [0.25, 0.3) is 0 Å². The molecule has 0 bridgehead atoms. The van der Waals surface area contributed by atoms with E-state index >= 15 is 0 Å². The third-order valence-electron chi connectivity index (χ3n) is 5.65. The fourth-order valence-electron chi connectivity index (χ4n) is 3.72. The number of H-pyrrole nitrogens is 1. The van der Waals surface area contributed by atoms with Crippen molar-refractivity contribution < 1.29 is 23.7 Å². The number of methoxy groups -OCH3 is 3. The third kappa shape index (κ3) is 4.79. The molecule has 180 valence electrons. The number of nitrogens with zero attached hydrogens (tertiary/aromatic N) is 4. The van der Waals surface area contributed by atoms with E-state index in [1.54, 1.807) is 32.4 Å². The van der Waals surface area contributed by atoms with Crippen molar-refractivity contribution in [3.8, 4) is 28.9 Å². The molecule has 0 spiro atoms. The molecule has 1 amide bonds. The predicted molar refractivity (Wildman–Crippen MR) is 126 cm³/mol. The molecule has 11 nitrogen and oxygen atoms in total. The summed E-state index contributed by atoms with van der Waals surface area (Å²) < 4.78 is 22.2. The molecular weight excluding hydrogens is 452 g/mol. The van der Waals surface area contributed by atoms with Gasteiger partial charge < -0.3 is 24.3 Å². The molecule has 35 heavy (non-hydrogen) atoms. The van der Waals surface area contributed by atoms with Crippen LogP contribution in [-0.4, -0.2) is 52.4 Å². The van der Waals surface area contributed by atoms with Gasteiger partial charge in [-0.2, -0.15) is 5.10 Å². The first-order valence-corrected chi connectivity index (χ1v) is 11.0. The van der Waals surface area contributed by atoms with Crippen LogP contribution in [0.1, 0.15) is 30.1 Å². The lowest BCUT2D eigenvalue weighted by molar-refractivity contribution is -0.115. The summed E-state index contributed by atoms with van der Waals surface area (Å²) in [5.74, 6) is 2.97. The Balaban J connectivity index is 1.33. The number of pyridine rings is 1. The summed E-state index contributed by atoms with van der Waals surface area (Å²) in [4.78, 5) is 25.5. The van der Waals surface area contributed by atoms with Crippen molar-refractivity contribution in [3.63, 3.8) is 0 Å². The SMILES string of the molecule is COc1cc2ncnc(Oc3cnc(CC(=O)Nc4cc(C5CC5)[nH]n4)c(OC)c3)c2cc1OC. The third-order valence-corrected chi connectivity index (χ3v) is 5.65. The first-order valence-electron chi connectivity index (χ1n) is 11.0. The number of rotatable bonds is 9. The van der Waals surface area contributed by atoms with Crippen molar-refractivity contribution in [2.75, 3.05) is 26.6 Å². The first-order chi connectivity index (χ1) is 17.1. The summed E-state index contributed by atoms with van der Waals surface area (Å²) >= 11 is 0. The zero-order valence-electron chi connectivity index (χ0n) is 19.5. The van der Waals surface area contributed by atoms with Crippen LogP contribution in [0.4, 0.5) is 5.82 Å². The van der Waals surface area contributed by atoms with Crippen molar-refractivity contribution in [1.82, 2.24) is 25.1 Å². The molecule has 1 fully saturated rings.